The van der Waals surface area contributed by atoms with Gasteiger partial charge in [0.15, 0.2) is 0 Å². The van der Waals surface area contributed by atoms with E-state index in [0.29, 0.717) is 0 Å². The van der Waals surface area contributed by atoms with Crippen molar-refractivity contribution in [1.82, 2.24) is 5.32 Å². The number of nitrogens with zero attached hydrogens (tertiary/aromatic N) is 2. The highest BCUT2D eigenvalue weighted by molar-refractivity contribution is 6.02. The highest BCUT2D eigenvalue weighted by Gasteiger charge is 2.29. The fourth-order valence-electron chi connectivity index (χ4n) is 2.47. The summed E-state index contributed by atoms with van der Waals surface area (Å²) in [5, 5.41) is 11.1. The van der Waals surface area contributed by atoms with Gasteiger partial charge in [-0.2, -0.15) is 5.26 Å². The summed E-state index contributed by atoms with van der Waals surface area (Å²) in [4.78, 5) is 26.2. The van der Waals surface area contributed by atoms with Gasteiger partial charge in [0.25, 0.3) is 5.91 Å². The molecule has 2 amide bonds. The van der Waals surface area contributed by atoms with Crippen molar-refractivity contribution < 1.29 is 14.3 Å². The third-order valence-electron chi connectivity index (χ3n) is 3.59. The Labute approximate surface area is 137 Å². The van der Waals surface area contributed by atoms with E-state index in [1.54, 1.807) is 6.92 Å². The van der Waals surface area contributed by atoms with Crippen molar-refractivity contribution in [2.75, 3.05) is 25.2 Å². The van der Waals surface area contributed by atoms with E-state index in [0.717, 1.165) is 23.2 Å². The smallest absolute Gasteiger partial charge is 0.253 e. The largest absolute Gasteiger partial charge is 0.375 e. The maximum Gasteiger partial charge on any atom is 0.253 e. The van der Waals surface area contributed by atoms with Gasteiger partial charge in [-0.3, -0.25) is 14.5 Å². The number of nitriles is 1. The van der Waals surface area contributed by atoms with Gasteiger partial charge in [-0.15, -0.1) is 0 Å². The molecule has 23 heavy (non-hydrogen) atoms. The van der Waals surface area contributed by atoms with Crippen molar-refractivity contribution in [3.8, 4) is 6.07 Å². The number of carbonyl (C=O) groups is 2. The number of hydrogen-bond acceptors (Lipinski definition) is 4. The molecule has 0 aromatic heterocycles. The van der Waals surface area contributed by atoms with Crippen molar-refractivity contribution in [3.05, 3.63) is 29.3 Å². The number of para-hydroxylation sites is 1. The Hall–Kier alpha value is -2.39. The Kier molecular flexibility index (Phi) is 7.23. The molecule has 0 heterocycles. The van der Waals surface area contributed by atoms with Crippen LogP contribution in [0.3, 0.4) is 0 Å². The summed E-state index contributed by atoms with van der Waals surface area (Å²) >= 11 is 0. The highest BCUT2D eigenvalue weighted by atomic mass is 16.5. The van der Waals surface area contributed by atoms with Gasteiger partial charge < -0.3 is 10.1 Å². The number of benzene rings is 1. The molecule has 0 spiro atoms. The maximum atomic E-state index is 12.5. The first-order valence-corrected chi connectivity index (χ1v) is 7.52. The van der Waals surface area contributed by atoms with Gasteiger partial charge in [-0.25, -0.2) is 0 Å². The molecule has 0 saturated heterocycles. The Bertz CT molecular complexity index is 608. The summed E-state index contributed by atoms with van der Waals surface area (Å²) in [5.41, 5.74) is 2.62. The summed E-state index contributed by atoms with van der Waals surface area (Å²) in [6, 6.07) is 6.89. The van der Waals surface area contributed by atoms with Gasteiger partial charge in [0.1, 0.15) is 19.2 Å². The molecule has 1 atom stereocenters. The number of ether oxygens (including phenoxy) is 1. The minimum atomic E-state index is -0.739. The normalized spacial score (nSPS) is 11.4. The quantitative estimate of drug-likeness (QED) is 0.774. The van der Waals surface area contributed by atoms with Crippen molar-refractivity contribution in [1.29, 1.82) is 5.26 Å². The molecule has 1 N–H and O–H groups in total. The fourth-order valence-corrected chi connectivity index (χ4v) is 2.47. The van der Waals surface area contributed by atoms with Crippen LogP contribution in [-0.2, 0) is 20.7 Å². The van der Waals surface area contributed by atoms with E-state index in [4.69, 9.17) is 10.00 Å². The summed E-state index contributed by atoms with van der Waals surface area (Å²) in [7, 11) is 1.44. The van der Waals surface area contributed by atoms with E-state index in [1.807, 2.05) is 38.1 Å². The summed E-state index contributed by atoms with van der Waals surface area (Å²) in [6.07, 6.45) is 0.736. The fraction of sp³-hybridized carbons (Fsp3) is 0.471. The highest BCUT2D eigenvalue weighted by Crippen LogP contribution is 2.28. The number of carbonyl (C=O) groups excluding carboxylic acids is 2. The molecule has 6 heteroatoms. The SMILES string of the molecule is CCc1cccc(C)c1N(C(=O)COC)C(C)C(=O)NCC#N. The number of aryl methyl sites for hydroxylation is 2. The first-order chi connectivity index (χ1) is 11.0. The predicted molar refractivity (Wildman–Crippen MR) is 88.0 cm³/mol. The molecule has 0 aliphatic rings. The minimum Gasteiger partial charge on any atom is -0.375 e. The van der Waals surface area contributed by atoms with Gasteiger partial charge >= 0.3 is 0 Å². The number of anilines is 1. The zero-order valence-corrected chi connectivity index (χ0v) is 14.0. The number of hydrogen-bond donors (Lipinski definition) is 1. The molecule has 1 aromatic carbocycles. The lowest BCUT2D eigenvalue weighted by Gasteiger charge is -2.31. The summed E-state index contributed by atoms with van der Waals surface area (Å²) < 4.78 is 4.96. The lowest BCUT2D eigenvalue weighted by atomic mass is 10.0. The van der Waals surface area contributed by atoms with Crippen LogP contribution in [0.2, 0.25) is 0 Å². The molecular formula is C17H23N3O3. The van der Waals surface area contributed by atoms with Crippen molar-refractivity contribution in [2.24, 2.45) is 0 Å². The molecule has 1 unspecified atom stereocenters. The molecule has 0 bridgehead atoms. The predicted octanol–water partition coefficient (Wildman–Crippen LogP) is 1.57. The van der Waals surface area contributed by atoms with Crippen LogP contribution in [0.5, 0.6) is 0 Å². The van der Waals surface area contributed by atoms with Gasteiger partial charge in [0.05, 0.1) is 11.8 Å². The molecule has 0 radical (unpaired) electrons. The molecule has 0 fully saturated rings. The first kappa shape index (κ1) is 18.7. The van der Waals surface area contributed by atoms with Crippen molar-refractivity contribution in [2.45, 2.75) is 33.2 Å². The molecule has 6 nitrogen and oxygen atoms in total. The molecule has 1 rings (SSSR count). The van der Waals surface area contributed by atoms with Gasteiger partial charge in [-0.05, 0) is 31.4 Å². The number of nitrogens with one attached hydrogen (secondary N) is 1. The van der Waals surface area contributed by atoms with Crippen molar-refractivity contribution >= 4 is 17.5 Å². The van der Waals surface area contributed by atoms with Crippen LogP contribution in [0.1, 0.15) is 25.0 Å². The standard InChI is InChI=1S/C17H23N3O3/c1-5-14-8-6-7-12(2)16(14)20(15(21)11-23-4)13(3)17(22)19-10-9-18/h6-8,13H,5,10-11H2,1-4H3,(H,19,22). The Morgan fingerprint density at radius 3 is 2.70 bits per heavy atom. The van der Waals surface area contributed by atoms with Crippen LogP contribution < -0.4 is 10.2 Å². The van der Waals surface area contributed by atoms with E-state index in [2.05, 4.69) is 5.32 Å². The van der Waals surface area contributed by atoms with E-state index in [-0.39, 0.29) is 25.0 Å². The monoisotopic (exact) mass is 317 g/mol. The van der Waals surface area contributed by atoms with Gasteiger partial charge in [-0.1, -0.05) is 25.1 Å². The second-order valence-electron chi connectivity index (χ2n) is 5.18. The average Bonchev–Trinajstić information content (AvgIpc) is 2.54. The van der Waals surface area contributed by atoms with E-state index < -0.39 is 6.04 Å². The number of rotatable bonds is 7. The molecular weight excluding hydrogens is 294 g/mol. The van der Waals surface area contributed by atoms with Crippen LogP contribution in [0.4, 0.5) is 5.69 Å². The zero-order valence-electron chi connectivity index (χ0n) is 14.0. The van der Waals surface area contributed by atoms with E-state index in [9.17, 15) is 9.59 Å². The summed E-state index contributed by atoms with van der Waals surface area (Å²) in [6.45, 7) is 5.34. The second kappa shape index (κ2) is 8.91. The number of methoxy groups -OCH3 is 1. The van der Waals surface area contributed by atoms with Crippen molar-refractivity contribution in [3.63, 3.8) is 0 Å². The van der Waals surface area contributed by atoms with Crippen LogP contribution in [0, 0.1) is 18.3 Å². The topological polar surface area (TPSA) is 82.4 Å². The average molecular weight is 317 g/mol. The molecule has 0 aliphatic heterocycles. The molecule has 0 aliphatic carbocycles. The Morgan fingerprint density at radius 1 is 1.43 bits per heavy atom. The summed E-state index contributed by atoms with van der Waals surface area (Å²) in [5.74, 6) is -0.669. The van der Waals surface area contributed by atoms with Crippen LogP contribution in [-0.4, -0.2) is 38.1 Å². The maximum absolute atomic E-state index is 12.5. The second-order valence-corrected chi connectivity index (χ2v) is 5.18. The molecule has 0 saturated carbocycles. The molecule has 1 aromatic rings. The van der Waals surface area contributed by atoms with Gasteiger partial charge in [0.2, 0.25) is 5.91 Å². The Morgan fingerprint density at radius 2 is 2.13 bits per heavy atom. The minimum absolute atomic E-state index is 0.0934. The molecule has 124 valence electrons. The zero-order chi connectivity index (χ0) is 17.4. The van der Waals surface area contributed by atoms with Crippen LogP contribution in [0.15, 0.2) is 18.2 Å². The van der Waals surface area contributed by atoms with E-state index >= 15 is 0 Å². The first-order valence-electron chi connectivity index (χ1n) is 7.52. The third-order valence-corrected chi connectivity index (χ3v) is 3.59. The third kappa shape index (κ3) is 4.54. The Balaban J connectivity index is 3.29. The van der Waals surface area contributed by atoms with Gasteiger partial charge in [0, 0.05) is 7.11 Å². The lowest BCUT2D eigenvalue weighted by molar-refractivity contribution is -0.127. The lowest BCUT2D eigenvalue weighted by Crippen LogP contribution is -2.50. The van der Waals surface area contributed by atoms with E-state index in [1.165, 1.54) is 12.0 Å². The number of amides is 2. The van der Waals surface area contributed by atoms with Crippen LogP contribution in [0.25, 0.3) is 0 Å². The van der Waals surface area contributed by atoms with Crippen LogP contribution >= 0.6 is 0 Å².